The number of hydrogen-bond donors (Lipinski definition) is 0. The zero-order valence-corrected chi connectivity index (χ0v) is 11.2. The predicted molar refractivity (Wildman–Crippen MR) is 67.0 cm³/mol. The first-order valence-corrected chi connectivity index (χ1v) is 8.51. The molecule has 0 amide bonds. The van der Waals surface area contributed by atoms with Crippen LogP contribution < -0.4 is 0 Å². The van der Waals surface area contributed by atoms with Gasteiger partial charge in [0.2, 0.25) is 10.0 Å². The molecule has 1 unspecified atom stereocenters. The van der Waals surface area contributed by atoms with Crippen molar-refractivity contribution in [3.8, 4) is 0 Å². The van der Waals surface area contributed by atoms with Gasteiger partial charge in [-0.05, 0) is 38.0 Å². The number of hydrogen-bond acceptors (Lipinski definition) is 3. The molecule has 2 saturated heterocycles. The summed E-state index contributed by atoms with van der Waals surface area (Å²) in [4.78, 5) is 2.43. The fourth-order valence-corrected chi connectivity index (χ4v) is 5.01. The number of sulfonamides is 1. The Morgan fingerprint density at radius 1 is 1.00 bits per heavy atom. The normalized spacial score (nSPS) is 35.2. The molecule has 0 aromatic rings. The van der Waals surface area contributed by atoms with Gasteiger partial charge in [0.15, 0.2) is 0 Å². The van der Waals surface area contributed by atoms with Crippen LogP contribution in [0, 0.1) is 5.92 Å². The van der Waals surface area contributed by atoms with Crippen LogP contribution in [0.5, 0.6) is 0 Å². The van der Waals surface area contributed by atoms with E-state index in [4.69, 9.17) is 0 Å². The molecule has 0 aromatic carbocycles. The van der Waals surface area contributed by atoms with Crippen LogP contribution in [0.4, 0.5) is 0 Å². The van der Waals surface area contributed by atoms with E-state index < -0.39 is 10.0 Å². The van der Waals surface area contributed by atoms with Gasteiger partial charge in [-0.25, -0.2) is 8.42 Å². The smallest absolute Gasteiger partial charge is 0.216 e. The molecule has 1 aliphatic carbocycles. The summed E-state index contributed by atoms with van der Waals surface area (Å²) >= 11 is 0. The number of fused-ring (bicyclic) bond motifs is 1. The lowest BCUT2D eigenvalue weighted by molar-refractivity contribution is 0.0376. The molecule has 0 bridgehead atoms. The van der Waals surface area contributed by atoms with Crippen LogP contribution in [0.2, 0.25) is 0 Å². The Morgan fingerprint density at radius 3 is 2.53 bits per heavy atom. The van der Waals surface area contributed by atoms with Crippen LogP contribution >= 0.6 is 0 Å². The number of nitrogens with zero attached hydrogens (tertiary/aromatic N) is 2. The summed E-state index contributed by atoms with van der Waals surface area (Å²) in [5, 5.41) is 0. The SMILES string of the molecule is O=S1(=O)CCN(CC2CCC2)C2CCCCN21. The molecule has 3 rings (SSSR count). The Bertz CT molecular complexity index is 378. The van der Waals surface area contributed by atoms with Crippen molar-refractivity contribution >= 4 is 10.0 Å². The molecule has 3 aliphatic rings. The van der Waals surface area contributed by atoms with Crippen molar-refractivity contribution < 1.29 is 8.42 Å². The van der Waals surface area contributed by atoms with E-state index in [0.29, 0.717) is 5.75 Å². The van der Waals surface area contributed by atoms with Crippen molar-refractivity contribution in [3.05, 3.63) is 0 Å². The van der Waals surface area contributed by atoms with Crippen LogP contribution in [0.15, 0.2) is 0 Å². The minimum atomic E-state index is -2.95. The molecule has 3 fully saturated rings. The fraction of sp³-hybridized carbons (Fsp3) is 1.00. The van der Waals surface area contributed by atoms with Crippen LogP contribution in [0.1, 0.15) is 38.5 Å². The second-order valence-electron chi connectivity index (χ2n) is 5.69. The van der Waals surface area contributed by atoms with Gasteiger partial charge in [-0.3, -0.25) is 4.90 Å². The molecule has 1 saturated carbocycles. The number of rotatable bonds is 2. The van der Waals surface area contributed by atoms with Crippen LogP contribution in [-0.4, -0.2) is 49.2 Å². The Hall–Kier alpha value is -0.130. The van der Waals surface area contributed by atoms with Crippen LogP contribution in [0.25, 0.3) is 0 Å². The summed E-state index contributed by atoms with van der Waals surface area (Å²) in [5.41, 5.74) is 0. The maximum absolute atomic E-state index is 12.0. The second-order valence-corrected chi connectivity index (χ2v) is 7.74. The minimum absolute atomic E-state index is 0.183. The molecule has 98 valence electrons. The summed E-state index contributed by atoms with van der Waals surface area (Å²) in [6.45, 7) is 2.62. The molecule has 0 radical (unpaired) electrons. The highest BCUT2D eigenvalue weighted by Crippen LogP contribution is 2.32. The van der Waals surface area contributed by atoms with E-state index in [-0.39, 0.29) is 6.17 Å². The average molecular weight is 258 g/mol. The molecule has 4 nitrogen and oxygen atoms in total. The standard InChI is InChI=1S/C12H22N2O2S/c15-17(16)9-8-13(10-11-4-3-5-11)12-6-1-2-7-14(12)17/h11-12H,1-10H2. The van der Waals surface area contributed by atoms with Gasteiger partial charge in [0.25, 0.3) is 0 Å². The summed E-state index contributed by atoms with van der Waals surface area (Å²) < 4.78 is 25.8. The zero-order valence-electron chi connectivity index (χ0n) is 10.3. The third kappa shape index (κ3) is 2.25. The second kappa shape index (κ2) is 4.52. The van der Waals surface area contributed by atoms with Gasteiger partial charge in [0, 0.05) is 19.6 Å². The monoisotopic (exact) mass is 258 g/mol. The van der Waals surface area contributed by atoms with Crippen molar-refractivity contribution in [2.45, 2.75) is 44.7 Å². The molecule has 0 spiro atoms. The van der Waals surface area contributed by atoms with Crippen LogP contribution in [0.3, 0.4) is 0 Å². The summed E-state index contributed by atoms with van der Waals surface area (Å²) in [6.07, 6.45) is 7.48. The highest BCUT2D eigenvalue weighted by atomic mass is 32.2. The quantitative estimate of drug-likeness (QED) is 0.748. The maximum atomic E-state index is 12.0. The van der Waals surface area contributed by atoms with Gasteiger partial charge in [-0.1, -0.05) is 6.42 Å². The summed E-state index contributed by atoms with van der Waals surface area (Å²) in [7, 11) is -2.95. The number of piperidine rings is 1. The molecule has 0 aromatic heterocycles. The van der Waals surface area contributed by atoms with E-state index in [0.717, 1.165) is 38.4 Å². The first-order valence-electron chi connectivity index (χ1n) is 6.90. The first kappa shape index (κ1) is 11.9. The lowest BCUT2D eigenvalue weighted by Crippen LogP contribution is -2.60. The van der Waals surface area contributed by atoms with Gasteiger partial charge in [0.1, 0.15) is 0 Å². The van der Waals surface area contributed by atoms with Gasteiger partial charge in [-0.15, -0.1) is 0 Å². The summed E-state index contributed by atoms with van der Waals surface area (Å²) in [5.74, 6) is 1.16. The van der Waals surface area contributed by atoms with E-state index in [1.807, 2.05) is 0 Å². The van der Waals surface area contributed by atoms with E-state index in [2.05, 4.69) is 4.90 Å². The predicted octanol–water partition coefficient (Wildman–Crippen LogP) is 1.24. The van der Waals surface area contributed by atoms with Crippen molar-refractivity contribution in [2.24, 2.45) is 5.92 Å². The van der Waals surface area contributed by atoms with Gasteiger partial charge in [-0.2, -0.15) is 4.31 Å². The van der Waals surface area contributed by atoms with Gasteiger partial charge >= 0.3 is 0 Å². The lowest BCUT2D eigenvalue weighted by atomic mass is 9.85. The fourth-order valence-electron chi connectivity index (χ4n) is 3.30. The molecular weight excluding hydrogens is 236 g/mol. The molecular formula is C12H22N2O2S. The maximum Gasteiger partial charge on any atom is 0.216 e. The third-order valence-corrected chi connectivity index (χ3v) is 6.39. The van der Waals surface area contributed by atoms with Crippen molar-refractivity contribution in [3.63, 3.8) is 0 Å². The molecule has 5 heteroatoms. The highest BCUT2D eigenvalue weighted by Gasteiger charge is 2.40. The van der Waals surface area contributed by atoms with Gasteiger partial charge in [0.05, 0.1) is 11.9 Å². The molecule has 0 N–H and O–H groups in total. The molecule has 1 atom stereocenters. The van der Waals surface area contributed by atoms with Crippen molar-refractivity contribution in [1.29, 1.82) is 0 Å². The Morgan fingerprint density at radius 2 is 1.82 bits per heavy atom. The first-order chi connectivity index (χ1) is 8.17. The Labute approximate surface area is 104 Å². The molecule has 2 aliphatic heterocycles. The summed E-state index contributed by atoms with van der Waals surface area (Å²) in [6, 6.07) is 0. The third-order valence-electron chi connectivity index (χ3n) is 4.56. The Balaban J connectivity index is 1.72. The molecule has 2 heterocycles. The minimum Gasteiger partial charge on any atom is -0.286 e. The topological polar surface area (TPSA) is 40.6 Å². The van der Waals surface area contributed by atoms with Crippen molar-refractivity contribution in [1.82, 2.24) is 9.21 Å². The highest BCUT2D eigenvalue weighted by molar-refractivity contribution is 7.89. The van der Waals surface area contributed by atoms with E-state index >= 15 is 0 Å². The molecule has 17 heavy (non-hydrogen) atoms. The van der Waals surface area contributed by atoms with E-state index in [9.17, 15) is 8.42 Å². The zero-order chi connectivity index (χ0) is 11.9. The van der Waals surface area contributed by atoms with Gasteiger partial charge < -0.3 is 0 Å². The van der Waals surface area contributed by atoms with E-state index in [1.54, 1.807) is 4.31 Å². The lowest BCUT2D eigenvalue weighted by Gasteiger charge is -2.47. The largest absolute Gasteiger partial charge is 0.286 e. The van der Waals surface area contributed by atoms with Crippen LogP contribution in [-0.2, 0) is 10.0 Å². The van der Waals surface area contributed by atoms with E-state index in [1.165, 1.54) is 25.7 Å². The Kier molecular flexibility index (Phi) is 3.17. The average Bonchev–Trinajstić information content (AvgIpc) is 2.26. The van der Waals surface area contributed by atoms with Crippen molar-refractivity contribution in [2.75, 3.05) is 25.4 Å².